The maximum Gasteiger partial charge on any atom is 0.407 e. The van der Waals surface area contributed by atoms with Crippen molar-refractivity contribution < 1.29 is 13.9 Å². The summed E-state index contributed by atoms with van der Waals surface area (Å²) in [5.41, 5.74) is 1.52. The van der Waals surface area contributed by atoms with Gasteiger partial charge in [-0.3, -0.25) is 4.99 Å². The Balaban J connectivity index is 2.25. The number of hydrogen-bond donors (Lipinski definition) is 3. The van der Waals surface area contributed by atoms with Gasteiger partial charge in [-0.15, -0.1) is 0 Å². The zero-order chi connectivity index (χ0) is 18.9. The molecule has 3 N–H and O–H groups in total. The molecule has 0 aliphatic carbocycles. The van der Waals surface area contributed by atoms with Crippen molar-refractivity contribution in [2.24, 2.45) is 4.99 Å². The fourth-order valence-corrected chi connectivity index (χ4v) is 2.14. The van der Waals surface area contributed by atoms with E-state index in [0.29, 0.717) is 25.6 Å². The van der Waals surface area contributed by atoms with Gasteiger partial charge in [0.25, 0.3) is 0 Å². The molecule has 6 nitrogen and oxygen atoms in total. The highest BCUT2D eigenvalue weighted by Crippen LogP contribution is 2.10. The molecule has 0 unspecified atom stereocenters. The summed E-state index contributed by atoms with van der Waals surface area (Å²) in [6, 6.07) is 4.80. The number of aryl methyl sites for hydroxylation is 1. The third-order valence-corrected chi connectivity index (χ3v) is 3.30. The smallest absolute Gasteiger partial charge is 0.407 e. The van der Waals surface area contributed by atoms with E-state index >= 15 is 0 Å². The topological polar surface area (TPSA) is 74.8 Å². The second kappa shape index (κ2) is 9.86. The lowest BCUT2D eigenvalue weighted by Gasteiger charge is -2.20. The summed E-state index contributed by atoms with van der Waals surface area (Å²) in [5.74, 6) is 0.426. The molecule has 0 aromatic heterocycles. The fraction of sp³-hybridized carbons (Fsp3) is 0.556. The monoisotopic (exact) mass is 352 g/mol. The number of carbonyl (C=O) groups excluding carboxylic acids is 1. The number of hydrogen-bond acceptors (Lipinski definition) is 3. The Hall–Kier alpha value is -2.31. The van der Waals surface area contributed by atoms with E-state index in [1.807, 2.05) is 27.7 Å². The van der Waals surface area contributed by atoms with E-state index < -0.39 is 11.7 Å². The molecule has 0 saturated carbocycles. The number of nitrogens with one attached hydrogen (secondary N) is 3. The van der Waals surface area contributed by atoms with Crippen molar-refractivity contribution in [2.75, 3.05) is 26.7 Å². The van der Waals surface area contributed by atoms with Crippen LogP contribution >= 0.6 is 0 Å². The molecular weight excluding hydrogens is 323 g/mol. The normalized spacial score (nSPS) is 11.8. The predicted molar refractivity (Wildman–Crippen MR) is 98.4 cm³/mol. The Kier molecular flexibility index (Phi) is 8.18. The summed E-state index contributed by atoms with van der Waals surface area (Å²) in [4.78, 5) is 15.6. The summed E-state index contributed by atoms with van der Waals surface area (Å²) >= 11 is 0. The highest BCUT2D eigenvalue weighted by molar-refractivity contribution is 5.79. The summed E-state index contributed by atoms with van der Waals surface area (Å²) < 4.78 is 18.2. The van der Waals surface area contributed by atoms with Gasteiger partial charge in [0.2, 0.25) is 0 Å². The Morgan fingerprint density at radius 1 is 1.16 bits per heavy atom. The Labute approximate surface area is 149 Å². The minimum atomic E-state index is -0.506. The fourth-order valence-electron chi connectivity index (χ4n) is 2.14. The second-order valence-electron chi connectivity index (χ2n) is 6.68. The molecule has 0 aliphatic rings. The molecule has 0 radical (unpaired) electrons. The van der Waals surface area contributed by atoms with Crippen molar-refractivity contribution in [3.05, 3.63) is 35.1 Å². The van der Waals surface area contributed by atoms with Crippen molar-refractivity contribution >= 4 is 12.1 Å². The maximum atomic E-state index is 13.1. The van der Waals surface area contributed by atoms with Crippen molar-refractivity contribution in [1.82, 2.24) is 16.0 Å². The van der Waals surface area contributed by atoms with Crippen LogP contribution in [0.1, 0.15) is 31.9 Å². The Bertz CT molecular complexity index is 597. The molecule has 1 aromatic rings. The molecule has 0 aliphatic heterocycles. The number of nitrogens with zero attached hydrogens (tertiary/aromatic N) is 1. The van der Waals surface area contributed by atoms with Crippen LogP contribution < -0.4 is 16.0 Å². The third-order valence-electron chi connectivity index (χ3n) is 3.30. The van der Waals surface area contributed by atoms with Crippen LogP contribution in [-0.2, 0) is 11.2 Å². The summed E-state index contributed by atoms with van der Waals surface area (Å²) in [6.07, 6.45) is 0.326. The largest absolute Gasteiger partial charge is 0.444 e. The van der Waals surface area contributed by atoms with E-state index in [9.17, 15) is 9.18 Å². The molecule has 0 saturated heterocycles. The zero-order valence-corrected chi connectivity index (χ0v) is 15.7. The van der Waals surface area contributed by atoms with Gasteiger partial charge in [0.1, 0.15) is 11.4 Å². The van der Waals surface area contributed by atoms with Gasteiger partial charge in [0.05, 0.1) is 0 Å². The first kappa shape index (κ1) is 20.7. The molecular formula is C18H29FN4O2. The van der Waals surface area contributed by atoms with E-state index in [-0.39, 0.29) is 5.82 Å². The van der Waals surface area contributed by atoms with Gasteiger partial charge in [-0.1, -0.05) is 6.07 Å². The van der Waals surface area contributed by atoms with Gasteiger partial charge >= 0.3 is 6.09 Å². The first-order chi connectivity index (χ1) is 11.7. The minimum absolute atomic E-state index is 0.218. The number of rotatable bonds is 6. The summed E-state index contributed by atoms with van der Waals surface area (Å²) in [5, 5.41) is 8.96. The molecule has 0 bridgehead atoms. The summed E-state index contributed by atoms with van der Waals surface area (Å²) in [6.45, 7) is 8.97. The van der Waals surface area contributed by atoms with Crippen molar-refractivity contribution in [3.8, 4) is 0 Å². The molecule has 140 valence electrons. The highest BCUT2D eigenvalue weighted by Gasteiger charge is 2.15. The van der Waals surface area contributed by atoms with E-state index in [4.69, 9.17) is 4.74 Å². The molecule has 1 aromatic carbocycles. The van der Waals surface area contributed by atoms with Crippen LogP contribution in [0.3, 0.4) is 0 Å². The lowest BCUT2D eigenvalue weighted by Crippen LogP contribution is -2.43. The molecule has 7 heteroatoms. The van der Waals surface area contributed by atoms with Crippen LogP contribution in [0.25, 0.3) is 0 Å². The molecule has 0 heterocycles. The SMILES string of the molecule is CN=C(NCCNC(=O)OC(C)(C)C)NCCc1ccc(F)cc1C. The van der Waals surface area contributed by atoms with Crippen LogP contribution in [0.2, 0.25) is 0 Å². The number of ether oxygens (including phenoxy) is 1. The number of benzene rings is 1. The van der Waals surface area contributed by atoms with E-state index in [1.54, 1.807) is 13.1 Å². The van der Waals surface area contributed by atoms with Crippen molar-refractivity contribution in [3.63, 3.8) is 0 Å². The van der Waals surface area contributed by atoms with Gasteiger partial charge in [-0.25, -0.2) is 9.18 Å². The summed E-state index contributed by atoms with van der Waals surface area (Å²) in [7, 11) is 1.68. The molecule has 0 atom stereocenters. The Morgan fingerprint density at radius 2 is 1.80 bits per heavy atom. The van der Waals surface area contributed by atoms with Crippen LogP contribution in [0.5, 0.6) is 0 Å². The average molecular weight is 352 g/mol. The number of aliphatic imine (C=N–C) groups is 1. The van der Waals surface area contributed by atoms with Crippen LogP contribution in [-0.4, -0.2) is 44.3 Å². The number of carbonyl (C=O) groups is 1. The first-order valence-corrected chi connectivity index (χ1v) is 8.37. The van der Waals surface area contributed by atoms with E-state index in [1.165, 1.54) is 12.1 Å². The molecule has 1 amide bonds. The number of amides is 1. The molecule has 0 spiro atoms. The molecule has 0 fully saturated rings. The number of halogens is 1. The van der Waals surface area contributed by atoms with Crippen LogP contribution in [0.15, 0.2) is 23.2 Å². The van der Waals surface area contributed by atoms with Gasteiger partial charge in [0.15, 0.2) is 5.96 Å². The van der Waals surface area contributed by atoms with Crippen molar-refractivity contribution in [1.29, 1.82) is 0 Å². The maximum absolute atomic E-state index is 13.1. The zero-order valence-electron chi connectivity index (χ0n) is 15.7. The van der Waals surface area contributed by atoms with Crippen LogP contribution in [0.4, 0.5) is 9.18 Å². The van der Waals surface area contributed by atoms with E-state index in [2.05, 4.69) is 20.9 Å². The van der Waals surface area contributed by atoms with Crippen molar-refractivity contribution in [2.45, 2.75) is 39.7 Å². The van der Waals surface area contributed by atoms with Gasteiger partial charge < -0.3 is 20.7 Å². The predicted octanol–water partition coefficient (Wildman–Crippen LogP) is 2.37. The van der Waals surface area contributed by atoms with Gasteiger partial charge in [-0.2, -0.15) is 0 Å². The molecule has 25 heavy (non-hydrogen) atoms. The highest BCUT2D eigenvalue weighted by atomic mass is 19.1. The quantitative estimate of drug-likeness (QED) is 0.417. The number of guanidine groups is 1. The standard InChI is InChI=1S/C18H29FN4O2/c1-13-12-15(19)7-6-14(13)8-9-21-16(20-5)22-10-11-23-17(24)25-18(2,3)4/h6-7,12H,8-11H2,1-5H3,(H,23,24)(H2,20,21,22). The lowest BCUT2D eigenvalue weighted by molar-refractivity contribution is 0.0529. The lowest BCUT2D eigenvalue weighted by atomic mass is 10.1. The second-order valence-corrected chi connectivity index (χ2v) is 6.68. The van der Waals surface area contributed by atoms with Crippen LogP contribution in [0, 0.1) is 12.7 Å². The molecule has 1 rings (SSSR count). The van der Waals surface area contributed by atoms with E-state index in [0.717, 1.165) is 17.5 Å². The van der Waals surface area contributed by atoms with Gasteiger partial charge in [0, 0.05) is 26.7 Å². The number of alkyl carbamates (subject to hydrolysis) is 1. The Morgan fingerprint density at radius 3 is 2.40 bits per heavy atom. The first-order valence-electron chi connectivity index (χ1n) is 8.37. The third kappa shape index (κ3) is 8.93. The van der Waals surface area contributed by atoms with Gasteiger partial charge in [-0.05, 0) is 57.4 Å². The average Bonchev–Trinajstić information content (AvgIpc) is 2.49. The minimum Gasteiger partial charge on any atom is -0.444 e.